The third-order valence-electron chi connectivity index (χ3n) is 3.23. The van der Waals surface area contributed by atoms with Gasteiger partial charge in [-0.15, -0.1) is 0 Å². The molecule has 88 valence electrons. The van der Waals surface area contributed by atoms with Gasteiger partial charge in [-0.05, 0) is 19.3 Å². The number of hydrogen-bond acceptors (Lipinski definition) is 1. The lowest BCUT2D eigenvalue weighted by molar-refractivity contribution is 0.207. The maximum Gasteiger partial charge on any atom is 0.0720 e. The fourth-order valence-corrected chi connectivity index (χ4v) is 2.20. The summed E-state index contributed by atoms with van der Waals surface area (Å²) in [5.41, 5.74) is 0. The Balaban J connectivity index is 2.19. The van der Waals surface area contributed by atoms with Crippen molar-refractivity contribution in [2.75, 3.05) is 0 Å². The van der Waals surface area contributed by atoms with Gasteiger partial charge in [0.05, 0.1) is 6.10 Å². The molecule has 1 atom stereocenters. The molecule has 0 aromatic rings. The Morgan fingerprint density at radius 1 is 0.733 bits per heavy atom. The van der Waals surface area contributed by atoms with Gasteiger partial charge in [0, 0.05) is 0 Å². The zero-order valence-corrected chi connectivity index (χ0v) is 9.96. The largest absolute Gasteiger partial charge is 0.389 e. The Morgan fingerprint density at radius 2 is 1.27 bits per heavy atom. The molecule has 0 radical (unpaired) electrons. The summed E-state index contributed by atoms with van der Waals surface area (Å²) >= 11 is 0. The Kier molecular flexibility index (Phi) is 7.63. The molecule has 0 aromatic carbocycles. The van der Waals surface area contributed by atoms with E-state index in [1.165, 1.54) is 57.8 Å². The van der Waals surface area contributed by atoms with Crippen LogP contribution in [0, 0.1) is 0 Å². The normalized spacial score (nSPS) is 29.3. The summed E-state index contributed by atoms with van der Waals surface area (Å²) in [4.78, 5) is 0. The maximum absolute atomic E-state index is 9.63. The van der Waals surface area contributed by atoms with Crippen molar-refractivity contribution in [2.24, 2.45) is 0 Å². The van der Waals surface area contributed by atoms with Crippen LogP contribution in [-0.4, -0.2) is 11.2 Å². The molecule has 15 heavy (non-hydrogen) atoms. The van der Waals surface area contributed by atoms with E-state index in [9.17, 15) is 5.11 Å². The van der Waals surface area contributed by atoms with E-state index in [0.717, 1.165) is 12.8 Å². The van der Waals surface area contributed by atoms with Gasteiger partial charge >= 0.3 is 0 Å². The number of hydrogen-bond donors (Lipinski definition) is 1. The molecular weight excluding hydrogens is 184 g/mol. The molecule has 0 saturated heterocycles. The van der Waals surface area contributed by atoms with Gasteiger partial charge in [-0.2, -0.15) is 0 Å². The van der Waals surface area contributed by atoms with Crippen LogP contribution < -0.4 is 0 Å². The van der Waals surface area contributed by atoms with E-state index in [2.05, 4.69) is 6.08 Å². The highest BCUT2D eigenvalue weighted by Gasteiger charge is 1.99. The lowest BCUT2D eigenvalue weighted by atomic mass is 10.0. The monoisotopic (exact) mass is 210 g/mol. The molecule has 1 heteroatoms. The fourth-order valence-electron chi connectivity index (χ4n) is 2.20. The molecule has 1 rings (SSSR count). The number of aliphatic hydroxyl groups excluding tert-OH is 1. The predicted molar refractivity (Wildman–Crippen MR) is 65.9 cm³/mol. The first kappa shape index (κ1) is 12.8. The van der Waals surface area contributed by atoms with Crippen LogP contribution in [0.2, 0.25) is 0 Å². The number of allylic oxidation sites excluding steroid dienone is 1. The minimum Gasteiger partial charge on any atom is -0.389 e. The van der Waals surface area contributed by atoms with Crippen LogP contribution in [0.5, 0.6) is 0 Å². The third kappa shape index (κ3) is 7.61. The van der Waals surface area contributed by atoms with Crippen molar-refractivity contribution in [1.29, 1.82) is 0 Å². The first-order valence-corrected chi connectivity index (χ1v) is 6.74. The summed E-state index contributed by atoms with van der Waals surface area (Å²) < 4.78 is 0. The molecule has 1 N–H and O–H groups in total. The van der Waals surface area contributed by atoms with Crippen molar-refractivity contribution >= 4 is 0 Å². The molecular formula is C14H26O. The van der Waals surface area contributed by atoms with Gasteiger partial charge in [-0.3, -0.25) is 0 Å². The Bertz CT molecular complexity index is 163. The Labute approximate surface area is 94.6 Å². The summed E-state index contributed by atoms with van der Waals surface area (Å²) in [7, 11) is 0. The minimum absolute atomic E-state index is 0.187. The molecule has 0 fully saturated rings. The Hall–Kier alpha value is -0.300. The van der Waals surface area contributed by atoms with E-state index >= 15 is 0 Å². The summed E-state index contributed by atoms with van der Waals surface area (Å²) in [6.45, 7) is 0. The van der Waals surface area contributed by atoms with E-state index in [1.807, 2.05) is 6.08 Å². The number of aliphatic hydroxyl groups is 1. The SMILES string of the molecule is OC1/C=C\CCCCCCCCCCC1. The summed E-state index contributed by atoms with van der Waals surface area (Å²) in [5.74, 6) is 0. The smallest absolute Gasteiger partial charge is 0.0720 e. The van der Waals surface area contributed by atoms with Gasteiger partial charge in [0.2, 0.25) is 0 Å². The molecule has 1 unspecified atom stereocenters. The highest BCUT2D eigenvalue weighted by atomic mass is 16.3. The molecule has 1 aliphatic rings. The molecule has 1 nitrogen and oxygen atoms in total. The van der Waals surface area contributed by atoms with Crippen LogP contribution in [0.3, 0.4) is 0 Å². The maximum atomic E-state index is 9.63. The van der Waals surface area contributed by atoms with E-state index in [-0.39, 0.29) is 6.10 Å². The van der Waals surface area contributed by atoms with Crippen LogP contribution in [0.25, 0.3) is 0 Å². The molecule has 0 heterocycles. The van der Waals surface area contributed by atoms with Gasteiger partial charge in [-0.1, -0.05) is 63.5 Å². The molecule has 0 saturated carbocycles. The van der Waals surface area contributed by atoms with Crippen molar-refractivity contribution in [3.63, 3.8) is 0 Å². The fraction of sp³-hybridized carbons (Fsp3) is 0.857. The van der Waals surface area contributed by atoms with Crippen molar-refractivity contribution in [3.8, 4) is 0 Å². The number of rotatable bonds is 0. The topological polar surface area (TPSA) is 20.2 Å². The van der Waals surface area contributed by atoms with E-state index in [0.29, 0.717) is 0 Å². The average molecular weight is 210 g/mol. The first-order valence-electron chi connectivity index (χ1n) is 6.74. The lowest BCUT2D eigenvalue weighted by Crippen LogP contribution is -2.01. The van der Waals surface area contributed by atoms with Crippen LogP contribution in [0.4, 0.5) is 0 Å². The molecule has 0 aliphatic heterocycles. The summed E-state index contributed by atoms with van der Waals surface area (Å²) in [6, 6.07) is 0. The van der Waals surface area contributed by atoms with Gasteiger partial charge in [0.1, 0.15) is 0 Å². The summed E-state index contributed by atoms with van der Waals surface area (Å²) in [6.07, 6.45) is 18.2. The lowest BCUT2D eigenvalue weighted by Gasteiger charge is -2.07. The average Bonchev–Trinajstić information content (AvgIpc) is 2.24. The van der Waals surface area contributed by atoms with E-state index in [4.69, 9.17) is 0 Å². The zero-order valence-electron chi connectivity index (χ0n) is 9.96. The summed E-state index contributed by atoms with van der Waals surface area (Å²) in [5, 5.41) is 9.63. The van der Waals surface area contributed by atoms with Crippen LogP contribution in [0.15, 0.2) is 12.2 Å². The second-order valence-electron chi connectivity index (χ2n) is 4.75. The van der Waals surface area contributed by atoms with Crippen molar-refractivity contribution < 1.29 is 5.11 Å². The molecule has 0 aromatic heterocycles. The van der Waals surface area contributed by atoms with Gasteiger partial charge in [-0.25, -0.2) is 0 Å². The van der Waals surface area contributed by atoms with Crippen LogP contribution in [0.1, 0.15) is 70.6 Å². The van der Waals surface area contributed by atoms with Crippen molar-refractivity contribution in [1.82, 2.24) is 0 Å². The van der Waals surface area contributed by atoms with Crippen LogP contribution in [-0.2, 0) is 0 Å². The van der Waals surface area contributed by atoms with Gasteiger partial charge in [0.15, 0.2) is 0 Å². The molecule has 0 spiro atoms. The first-order chi connectivity index (χ1) is 7.39. The van der Waals surface area contributed by atoms with E-state index in [1.54, 1.807) is 0 Å². The van der Waals surface area contributed by atoms with Gasteiger partial charge < -0.3 is 5.11 Å². The van der Waals surface area contributed by atoms with Crippen molar-refractivity contribution in [3.05, 3.63) is 12.2 Å². The molecule has 1 aliphatic carbocycles. The van der Waals surface area contributed by atoms with Gasteiger partial charge in [0.25, 0.3) is 0 Å². The second kappa shape index (κ2) is 8.96. The predicted octanol–water partition coefficient (Wildman–Crippen LogP) is 4.21. The third-order valence-corrected chi connectivity index (χ3v) is 3.23. The molecule has 0 amide bonds. The van der Waals surface area contributed by atoms with E-state index < -0.39 is 0 Å². The van der Waals surface area contributed by atoms with Crippen LogP contribution >= 0.6 is 0 Å². The van der Waals surface area contributed by atoms with Crippen molar-refractivity contribution in [2.45, 2.75) is 76.7 Å². The highest BCUT2D eigenvalue weighted by Crippen LogP contribution is 2.13. The quantitative estimate of drug-likeness (QED) is 0.594. The standard InChI is InChI=1S/C14H26O/c15-14-12-10-8-6-4-2-1-3-5-7-9-11-13-14/h10,12,14-15H,1-9,11,13H2/b12-10-. The Morgan fingerprint density at radius 3 is 1.93 bits per heavy atom. The minimum atomic E-state index is -0.187. The second-order valence-corrected chi connectivity index (χ2v) is 4.75. The zero-order chi connectivity index (χ0) is 10.8. The highest BCUT2D eigenvalue weighted by molar-refractivity contribution is 4.88. The molecule has 0 bridgehead atoms.